The van der Waals surface area contributed by atoms with Crippen LogP contribution in [0.4, 0.5) is 28.7 Å². The van der Waals surface area contributed by atoms with Crippen molar-refractivity contribution in [2.24, 2.45) is 0 Å². The molecule has 2 N–H and O–H groups in total. The third-order valence-electron chi connectivity index (χ3n) is 9.39. The van der Waals surface area contributed by atoms with Crippen LogP contribution in [-0.2, 0) is 9.63 Å². The molecular formula is C35H46N8O3. The standard InChI is InChI=1S/C35H46N8O3/c1-5-35(44)39-28-21-29(38-33-23-34(37-24-36-33)43-30(13-20-46-43)26-9-7-6-8-10-26)32(45-4)22-31(28)42-14-11-27(12-15-42)41-18-16-40(17-19-41)25(2)3/h5-10,21-25,27,30H,1,11-20H2,2-4H3,(H,39,44)(H,36,37,38). The number of hydrogen-bond acceptors (Lipinski definition) is 10. The Bertz CT molecular complexity index is 1490. The first-order valence-corrected chi connectivity index (χ1v) is 16.4. The van der Waals surface area contributed by atoms with E-state index in [2.05, 4.69) is 67.9 Å². The minimum absolute atomic E-state index is 0.0623. The number of piperazine rings is 1. The summed E-state index contributed by atoms with van der Waals surface area (Å²) in [5, 5.41) is 8.29. The van der Waals surface area contributed by atoms with Crippen molar-refractivity contribution in [1.29, 1.82) is 0 Å². The summed E-state index contributed by atoms with van der Waals surface area (Å²) in [5.41, 5.74) is 3.47. The van der Waals surface area contributed by atoms with E-state index in [-0.39, 0.29) is 11.9 Å². The Labute approximate surface area is 272 Å². The summed E-state index contributed by atoms with van der Waals surface area (Å²) in [7, 11) is 1.66. The average molecular weight is 627 g/mol. The zero-order valence-corrected chi connectivity index (χ0v) is 27.2. The molecule has 46 heavy (non-hydrogen) atoms. The first-order chi connectivity index (χ1) is 22.4. The molecule has 1 amide bonds. The SMILES string of the molecule is C=CC(=O)Nc1cc(Nc2cc(N3OCCC3c3ccccc3)ncn2)c(OC)cc1N1CCC(N2CCN(C(C)C)CC2)CC1. The van der Waals surface area contributed by atoms with Crippen LogP contribution in [-0.4, -0.2) is 90.7 Å². The van der Waals surface area contributed by atoms with Crippen molar-refractivity contribution in [2.45, 2.75) is 51.2 Å². The van der Waals surface area contributed by atoms with Gasteiger partial charge in [0.1, 0.15) is 17.9 Å². The van der Waals surface area contributed by atoms with E-state index in [1.807, 2.05) is 41.5 Å². The predicted octanol–water partition coefficient (Wildman–Crippen LogP) is 5.23. The first-order valence-electron chi connectivity index (χ1n) is 16.4. The molecule has 3 aromatic rings. The fraction of sp³-hybridized carbons (Fsp3) is 0.457. The Balaban J connectivity index is 1.20. The summed E-state index contributed by atoms with van der Waals surface area (Å²) in [6.07, 6.45) is 5.83. The predicted molar refractivity (Wildman–Crippen MR) is 183 cm³/mol. The number of carbonyl (C=O) groups is 1. The summed E-state index contributed by atoms with van der Waals surface area (Å²) < 4.78 is 5.87. The van der Waals surface area contributed by atoms with E-state index in [0.29, 0.717) is 47.5 Å². The maximum Gasteiger partial charge on any atom is 0.247 e. The van der Waals surface area contributed by atoms with Crippen LogP contribution < -0.4 is 25.3 Å². The molecule has 0 bridgehead atoms. The summed E-state index contributed by atoms with van der Waals surface area (Å²) in [6, 6.07) is 17.3. The quantitative estimate of drug-likeness (QED) is 0.291. The molecule has 2 aromatic carbocycles. The maximum absolute atomic E-state index is 12.6. The molecule has 3 fully saturated rings. The Hall–Kier alpha value is -4.19. The molecular weight excluding hydrogens is 580 g/mol. The van der Waals surface area contributed by atoms with Crippen LogP contribution in [0.1, 0.15) is 44.7 Å². The number of aromatic nitrogens is 2. The Kier molecular flexibility index (Phi) is 10.0. The first kappa shape index (κ1) is 31.8. The highest BCUT2D eigenvalue weighted by Gasteiger charge is 2.31. The molecule has 3 aliphatic rings. The van der Waals surface area contributed by atoms with E-state index in [1.165, 1.54) is 18.0 Å². The highest BCUT2D eigenvalue weighted by atomic mass is 16.7. The maximum atomic E-state index is 12.6. The van der Waals surface area contributed by atoms with Crippen LogP contribution in [0.25, 0.3) is 0 Å². The minimum Gasteiger partial charge on any atom is -0.494 e. The molecule has 11 heteroatoms. The number of hydrogen-bond donors (Lipinski definition) is 2. The zero-order chi connectivity index (χ0) is 32.0. The number of amides is 1. The lowest BCUT2D eigenvalue weighted by atomic mass is 10.0. The van der Waals surface area contributed by atoms with Crippen molar-refractivity contribution in [2.75, 3.05) is 73.6 Å². The summed E-state index contributed by atoms with van der Waals surface area (Å²) in [5.74, 6) is 1.63. The van der Waals surface area contributed by atoms with Gasteiger partial charge in [-0.05, 0) is 44.4 Å². The average Bonchev–Trinajstić information content (AvgIpc) is 3.59. The van der Waals surface area contributed by atoms with Gasteiger partial charge in [-0.2, -0.15) is 0 Å². The lowest BCUT2D eigenvalue weighted by molar-refractivity contribution is -0.111. The van der Waals surface area contributed by atoms with Crippen molar-refractivity contribution in [3.63, 3.8) is 0 Å². The number of carbonyl (C=O) groups excluding carboxylic acids is 1. The van der Waals surface area contributed by atoms with Gasteiger partial charge < -0.3 is 20.3 Å². The highest BCUT2D eigenvalue weighted by molar-refractivity contribution is 6.02. The molecule has 1 atom stereocenters. The van der Waals surface area contributed by atoms with Crippen molar-refractivity contribution in [3.8, 4) is 5.75 Å². The number of methoxy groups -OCH3 is 1. The number of ether oxygens (including phenoxy) is 1. The van der Waals surface area contributed by atoms with E-state index in [1.54, 1.807) is 7.11 Å². The van der Waals surface area contributed by atoms with Crippen LogP contribution in [0.5, 0.6) is 5.75 Å². The third-order valence-corrected chi connectivity index (χ3v) is 9.39. The number of hydroxylamine groups is 1. The largest absolute Gasteiger partial charge is 0.494 e. The smallest absolute Gasteiger partial charge is 0.247 e. The zero-order valence-electron chi connectivity index (χ0n) is 27.2. The van der Waals surface area contributed by atoms with Gasteiger partial charge in [-0.1, -0.05) is 36.9 Å². The van der Waals surface area contributed by atoms with E-state index >= 15 is 0 Å². The molecule has 3 saturated heterocycles. The second-order valence-corrected chi connectivity index (χ2v) is 12.4. The van der Waals surface area contributed by atoms with Crippen LogP contribution in [0.2, 0.25) is 0 Å². The van der Waals surface area contributed by atoms with Gasteiger partial charge in [-0.25, -0.2) is 15.0 Å². The molecule has 244 valence electrons. The van der Waals surface area contributed by atoms with Crippen LogP contribution in [0.15, 0.2) is 67.5 Å². The van der Waals surface area contributed by atoms with Gasteiger partial charge in [0.05, 0.1) is 36.8 Å². The molecule has 4 heterocycles. The molecule has 1 aromatic heterocycles. The van der Waals surface area contributed by atoms with E-state index in [0.717, 1.165) is 64.2 Å². The molecule has 0 aliphatic carbocycles. The van der Waals surface area contributed by atoms with E-state index < -0.39 is 0 Å². The molecule has 3 aliphatic heterocycles. The highest BCUT2D eigenvalue weighted by Crippen LogP contribution is 2.40. The normalized spacial score (nSPS) is 19.8. The molecule has 1 unspecified atom stereocenters. The second kappa shape index (κ2) is 14.5. The van der Waals surface area contributed by atoms with Gasteiger partial charge in [0.25, 0.3) is 0 Å². The Morgan fingerprint density at radius 1 is 1.00 bits per heavy atom. The molecule has 6 rings (SSSR count). The number of piperidine rings is 1. The van der Waals surface area contributed by atoms with Crippen molar-refractivity contribution < 1.29 is 14.4 Å². The second-order valence-electron chi connectivity index (χ2n) is 12.4. The van der Waals surface area contributed by atoms with Gasteiger partial charge >= 0.3 is 0 Å². The molecule has 0 saturated carbocycles. The van der Waals surface area contributed by atoms with Gasteiger partial charge in [0.15, 0.2) is 5.82 Å². The van der Waals surface area contributed by atoms with Crippen LogP contribution in [0, 0.1) is 0 Å². The fourth-order valence-corrected chi connectivity index (χ4v) is 6.82. The van der Waals surface area contributed by atoms with Gasteiger partial charge in [0, 0.05) is 69.9 Å². The minimum atomic E-state index is -0.266. The summed E-state index contributed by atoms with van der Waals surface area (Å²) in [6.45, 7) is 15.1. The number of benzene rings is 2. The summed E-state index contributed by atoms with van der Waals surface area (Å²) in [4.78, 5) is 35.1. The van der Waals surface area contributed by atoms with Crippen molar-refractivity contribution in [3.05, 3.63) is 73.1 Å². The van der Waals surface area contributed by atoms with Crippen LogP contribution >= 0.6 is 0 Å². The molecule has 0 spiro atoms. The van der Waals surface area contributed by atoms with Crippen molar-refractivity contribution >= 4 is 34.6 Å². The fourth-order valence-electron chi connectivity index (χ4n) is 6.82. The Morgan fingerprint density at radius 2 is 1.76 bits per heavy atom. The number of anilines is 5. The number of nitrogens with zero attached hydrogens (tertiary/aromatic N) is 6. The van der Waals surface area contributed by atoms with Crippen LogP contribution in [0.3, 0.4) is 0 Å². The lowest BCUT2D eigenvalue weighted by Crippen LogP contribution is -2.54. The van der Waals surface area contributed by atoms with Gasteiger partial charge in [-0.15, -0.1) is 0 Å². The summed E-state index contributed by atoms with van der Waals surface area (Å²) >= 11 is 0. The Morgan fingerprint density at radius 3 is 2.46 bits per heavy atom. The molecule has 11 nitrogen and oxygen atoms in total. The lowest BCUT2D eigenvalue weighted by Gasteiger charge is -2.44. The van der Waals surface area contributed by atoms with Gasteiger partial charge in [0.2, 0.25) is 5.91 Å². The number of rotatable bonds is 10. The molecule has 0 radical (unpaired) electrons. The van der Waals surface area contributed by atoms with Crippen molar-refractivity contribution in [1.82, 2.24) is 19.8 Å². The van der Waals surface area contributed by atoms with E-state index in [9.17, 15) is 4.79 Å². The van der Waals surface area contributed by atoms with Gasteiger partial charge in [-0.3, -0.25) is 19.4 Å². The monoisotopic (exact) mass is 626 g/mol. The third kappa shape index (κ3) is 7.11. The van der Waals surface area contributed by atoms with E-state index in [4.69, 9.17) is 9.57 Å². The number of nitrogens with one attached hydrogen (secondary N) is 2. The topological polar surface area (TPSA) is 98.3 Å².